The molecule has 1 aliphatic rings. The smallest absolute Gasteiger partial charge is 0.225 e. The standard InChI is InChI=1S/C20H22ClN5/c21-15-7-9-16(10-8-15)23-19-17-5-1-2-6-18(17)24-20(25-19)22-11-14-26-12-3-4-13-26/h1-2,5-10H,3-4,11-14H2,(H2,22,23,24,25). The van der Waals surface area contributed by atoms with Gasteiger partial charge in [-0.15, -0.1) is 0 Å². The number of halogens is 1. The van der Waals surface area contributed by atoms with Crippen LogP contribution in [0.3, 0.4) is 0 Å². The molecule has 4 rings (SSSR count). The molecule has 0 aliphatic carbocycles. The first kappa shape index (κ1) is 17.1. The van der Waals surface area contributed by atoms with Gasteiger partial charge >= 0.3 is 0 Å². The largest absolute Gasteiger partial charge is 0.353 e. The van der Waals surface area contributed by atoms with E-state index in [1.807, 2.05) is 48.5 Å². The molecule has 0 radical (unpaired) electrons. The number of nitrogens with zero attached hydrogens (tertiary/aromatic N) is 3. The van der Waals surface area contributed by atoms with E-state index in [9.17, 15) is 0 Å². The Bertz CT molecular complexity index is 875. The monoisotopic (exact) mass is 367 g/mol. The molecule has 3 aromatic rings. The van der Waals surface area contributed by atoms with Crippen LogP contribution < -0.4 is 10.6 Å². The van der Waals surface area contributed by atoms with Crippen molar-refractivity contribution in [2.45, 2.75) is 12.8 Å². The Hall–Kier alpha value is -2.37. The lowest BCUT2D eigenvalue weighted by Gasteiger charge is -2.16. The van der Waals surface area contributed by atoms with Crippen molar-refractivity contribution in [1.29, 1.82) is 0 Å². The first-order valence-electron chi connectivity index (χ1n) is 9.03. The van der Waals surface area contributed by atoms with Gasteiger partial charge in [0.1, 0.15) is 5.82 Å². The summed E-state index contributed by atoms with van der Waals surface area (Å²) < 4.78 is 0. The number of hydrogen-bond acceptors (Lipinski definition) is 5. The summed E-state index contributed by atoms with van der Waals surface area (Å²) in [5.41, 5.74) is 1.86. The Kier molecular flexibility index (Phi) is 5.18. The van der Waals surface area contributed by atoms with Crippen molar-refractivity contribution in [2.75, 3.05) is 36.8 Å². The number of hydrogen-bond donors (Lipinski definition) is 2. The van der Waals surface area contributed by atoms with E-state index in [1.165, 1.54) is 25.9 Å². The van der Waals surface area contributed by atoms with E-state index in [0.29, 0.717) is 11.0 Å². The van der Waals surface area contributed by atoms with Gasteiger partial charge in [-0.2, -0.15) is 4.98 Å². The molecule has 2 heterocycles. The molecule has 1 aromatic heterocycles. The maximum Gasteiger partial charge on any atom is 0.225 e. The molecule has 134 valence electrons. The molecule has 1 saturated heterocycles. The van der Waals surface area contributed by atoms with Crippen LogP contribution >= 0.6 is 11.6 Å². The number of likely N-dealkylation sites (tertiary alicyclic amines) is 1. The summed E-state index contributed by atoms with van der Waals surface area (Å²) in [5, 5.41) is 8.47. The lowest BCUT2D eigenvalue weighted by molar-refractivity contribution is 0.352. The first-order valence-corrected chi connectivity index (χ1v) is 9.41. The molecule has 2 aromatic carbocycles. The van der Waals surface area contributed by atoms with Crippen LogP contribution in [0.5, 0.6) is 0 Å². The number of para-hydroxylation sites is 1. The van der Waals surface area contributed by atoms with Gasteiger partial charge in [-0.1, -0.05) is 23.7 Å². The normalized spacial score (nSPS) is 14.7. The Morgan fingerprint density at radius 1 is 0.962 bits per heavy atom. The predicted octanol–water partition coefficient (Wildman–Crippen LogP) is 4.53. The van der Waals surface area contributed by atoms with Gasteiger partial charge in [0, 0.05) is 29.2 Å². The van der Waals surface area contributed by atoms with Crippen LogP contribution in [0.25, 0.3) is 10.9 Å². The number of anilines is 3. The van der Waals surface area contributed by atoms with Gasteiger partial charge in [0.05, 0.1) is 5.52 Å². The molecule has 0 atom stereocenters. The Balaban J connectivity index is 1.55. The summed E-state index contributed by atoms with van der Waals surface area (Å²) in [6.07, 6.45) is 2.61. The van der Waals surface area contributed by atoms with E-state index in [4.69, 9.17) is 16.6 Å². The second kappa shape index (κ2) is 7.89. The maximum absolute atomic E-state index is 5.98. The van der Waals surface area contributed by atoms with E-state index < -0.39 is 0 Å². The van der Waals surface area contributed by atoms with Gasteiger partial charge in [-0.3, -0.25) is 0 Å². The highest BCUT2D eigenvalue weighted by atomic mass is 35.5. The van der Waals surface area contributed by atoms with Crippen LogP contribution in [0.2, 0.25) is 5.02 Å². The summed E-state index contributed by atoms with van der Waals surface area (Å²) in [6, 6.07) is 15.6. The van der Waals surface area contributed by atoms with Crippen LogP contribution in [0.1, 0.15) is 12.8 Å². The molecule has 26 heavy (non-hydrogen) atoms. The lowest BCUT2D eigenvalue weighted by Crippen LogP contribution is -2.26. The average molecular weight is 368 g/mol. The van der Waals surface area contributed by atoms with Crippen molar-refractivity contribution in [3.63, 3.8) is 0 Å². The van der Waals surface area contributed by atoms with Crippen molar-refractivity contribution in [3.8, 4) is 0 Å². The summed E-state index contributed by atoms with van der Waals surface area (Å²) in [4.78, 5) is 11.8. The first-order chi connectivity index (χ1) is 12.8. The molecule has 2 N–H and O–H groups in total. The fourth-order valence-corrected chi connectivity index (χ4v) is 3.38. The van der Waals surface area contributed by atoms with Crippen molar-refractivity contribution >= 4 is 40.0 Å². The summed E-state index contributed by atoms with van der Waals surface area (Å²) >= 11 is 5.98. The van der Waals surface area contributed by atoms with Gasteiger partial charge in [0.25, 0.3) is 0 Å². The third kappa shape index (κ3) is 4.06. The second-order valence-corrected chi connectivity index (χ2v) is 6.96. The molecule has 1 fully saturated rings. The minimum atomic E-state index is 0.652. The van der Waals surface area contributed by atoms with Gasteiger partial charge in [0.2, 0.25) is 5.95 Å². The molecule has 0 spiro atoms. The van der Waals surface area contributed by atoms with Crippen LogP contribution in [0.4, 0.5) is 17.5 Å². The van der Waals surface area contributed by atoms with Crippen molar-refractivity contribution in [3.05, 3.63) is 53.6 Å². The zero-order chi connectivity index (χ0) is 17.8. The van der Waals surface area contributed by atoms with Crippen molar-refractivity contribution in [1.82, 2.24) is 14.9 Å². The van der Waals surface area contributed by atoms with E-state index in [0.717, 1.165) is 35.5 Å². The fourth-order valence-electron chi connectivity index (χ4n) is 3.25. The Morgan fingerprint density at radius 2 is 1.73 bits per heavy atom. The molecule has 5 nitrogen and oxygen atoms in total. The molecule has 0 unspecified atom stereocenters. The maximum atomic E-state index is 5.98. The molecular weight excluding hydrogens is 346 g/mol. The topological polar surface area (TPSA) is 53.1 Å². The highest BCUT2D eigenvalue weighted by molar-refractivity contribution is 6.30. The predicted molar refractivity (Wildman–Crippen MR) is 108 cm³/mol. The van der Waals surface area contributed by atoms with Gasteiger partial charge in [0.15, 0.2) is 0 Å². The van der Waals surface area contributed by atoms with Gasteiger partial charge < -0.3 is 15.5 Å². The summed E-state index contributed by atoms with van der Waals surface area (Å²) in [6.45, 7) is 4.27. The minimum absolute atomic E-state index is 0.652. The number of nitrogens with one attached hydrogen (secondary N) is 2. The van der Waals surface area contributed by atoms with Crippen LogP contribution in [0.15, 0.2) is 48.5 Å². The molecule has 6 heteroatoms. The van der Waals surface area contributed by atoms with E-state index in [-0.39, 0.29) is 0 Å². The molecule has 0 amide bonds. The van der Waals surface area contributed by atoms with Crippen LogP contribution in [-0.2, 0) is 0 Å². The molecule has 1 aliphatic heterocycles. The third-order valence-electron chi connectivity index (χ3n) is 4.62. The fraction of sp³-hybridized carbons (Fsp3) is 0.300. The zero-order valence-electron chi connectivity index (χ0n) is 14.6. The lowest BCUT2D eigenvalue weighted by atomic mass is 10.2. The van der Waals surface area contributed by atoms with Crippen molar-refractivity contribution < 1.29 is 0 Å². The van der Waals surface area contributed by atoms with Gasteiger partial charge in [-0.25, -0.2) is 4.98 Å². The van der Waals surface area contributed by atoms with E-state index in [2.05, 4.69) is 20.5 Å². The molecule has 0 bridgehead atoms. The zero-order valence-corrected chi connectivity index (χ0v) is 15.3. The second-order valence-electron chi connectivity index (χ2n) is 6.52. The Morgan fingerprint density at radius 3 is 2.54 bits per heavy atom. The Labute approximate surface area is 158 Å². The summed E-state index contributed by atoms with van der Waals surface area (Å²) in [7, 11) is 0. The highest BCUT2D eigenvalue weighted by Crippen LogP contribution is 2.25. The average Bonchev–Trinajstić information content (AvgIpc) is 3.17. The third-order valence-corrected chi connectivity index (χ3v) is 4.87. The highest BCUT2D eigenvalue weighted by Gasteiger charge is 2.12. The van der Waals surface area contributed by atoms with Crippen LogP contribution in [0, 0.1) is 0 Å². The SMILES string of the molecule is Clc1ccc(Nc2nc(NCCN3CCCC3)nc3ccccc23)cc1. The van der Waals surface area contributed by atoms with E-state index >= 15 is 0 Å². The van der Waals surface area contributed by atoms with Crippen molar-refractivity contribution in [2.24, 2.45) is 0 Å². The van der Waals surface area contributed by atoms with Gasteiger partial charge in [-0.05, 0) is 62.3 Å². The quantitative estimate of drug-likeness (QED) is 0.670. The number of benzene rings is 2. The minimum Gasteiger partial charge on any atom is -0.353 e. The number of fused-ring (bicyclic) bond motifs is 1. The summed E-state index contributed by atoms with van der Waals surface area (Å²) in [5.74, 6) is 1.45. The number of aromatic nitrogens is 2. The molecule has 0 saturated carbocycles. The molecular formula is C20H22ClN5. The number of rotatable bonds is 6. The van der Waals surface area contributed by atoms with Crippen LogP contribution in [-0.4, -0.2) is 41.0 Å². The van der Waals surface area contributed by atoms with E-state index in [1.54, 1.807) is 0 Å².